The van der Waals surface area contributed by atoms with Crippen molar-refractivity contribution in [3.05, 3.63) is 70.9 Å². The van der Waals surface area contributed by atoms with Crippen LogP contribution in [0.1, 0.15) is 17.0 Å². The second kappa shape index (κ2) is 10.3. The first-order chi connectivity index (χ1) is 17.6. The van der Waals surface area contributed by atoms with Gasteiger partial charge in [0.1, 0.15) is 24.1 Å². The van der Waals surface area contributed by atoms with Crippen molar-refractivity contribution in [3.8, 4) is 34.7 Å². The van der Waals surface area contributed by atoms with Gasteiger partial charge in [-0.05, 0) is 42.0 Å². The van der Waals surface area contributed by atoms with E-state index in [0.717, 1.165) is 38.4 Å². The molecule has 2 aliphatic heterocycles. The Bertz CT molecular complexity index is 1310. The van der Waals surface area contributed by atoms with Crippen LogP contribution in [-0.4, -0.2) is 61.7 Å². The molecule has 3 aromatic rings. The van der Waals surface area contributed by atoms with Gasteiger partial charge in [0.2, 0.25) is 11.8 Å². The van der Waals surface area contributed by atoms with E-state index in [1.54, 1.807) is 19.2 Å². The first kappa shape index (κ1) is 23.7. The van der Waals surface area contributed by atoms with Gasteiger partial charge >= 0.3 is 0 Å². The predicted molar refractivity (Wildman–Crippen MR) is 129 cm³/mol. The summed E-state index contributed by atoms with van der Waals surface area (Å²) in [7, 11) is 1.57. The number of H-pyrrole nitrogens is 1. The Morgan fingerprint density at radius 2 is 1.97 bits per heavy atom. The number of methoxy groups -OCH3 is 1. The highest BCUT2D eigenvalue weighted by Gasteiger charge is 2.36. The molecular weight excluding hydrogens is 465 g/mol. The van der Waals surface area contributed by atoms with Gasteiger partial charge in [-0.1, -0.05) is 6.07 Å². The summed E-state index contributed by atoms with van der Waals surface area (Å²) in [5, 5.41) is 17.2. The van der Waals surface area contributed by atoms with Crippen LogP contribution in [0.2, 0.25) is 0 Å². The van der Waals surface area contributed by atoms with E-state index in [9.17, 15) is 9.65 Å². The SMILES string of the molecule is COc1cc(C2C(C#N)=C(N)Oc3n[nH]c(-c4ccc(F)cc4)c32)ccc1OCCN1CCOCC1. The summed E-state index contributed by atoms with van der Waals surface area (Å²) in [6.07, 6.45) is 0. The zero-order valence-corrected chi connectivity index (χ0v) is 19.8. The number of ether oxygens (including phenoxy) is 4. The maximum atomic E-state index is 13.5. The molecule has 186 valence electrons. The van der Waals surface area contributed by atoms with Crippen LogP contribution >= 0.6 is 0 Å². The minimum absolute atomic E-state index is 0.0167. The number of aromatic nitrogens is 2. The third-order valence-corrected chi connectivity index (χ3v) is 6.36. The Morgan fingerprint density at radius 1 is 1.19 bits per heavy atom. The van der Waals surface area contributed by atoms with Crippen LogP contribution in [0.15, 0.2) is 53.9 Å². The number of benzene rings is 2. The Labute approximate surface area is 207 Å². The lowest BCUT2D eigenvalue weighted by Crippen LogP contribution is -2.38. The Hall–Kier alpha value is -4.07. The number of morpholine rings is 1. The van der Waals surface area contributed by atoms with Gasteiger partial charge in [-0.15, -0.1) is 5.10 Å². The number of allylic oxidation sites excluding steroid dienone is 1. The van der Waals surface area contributed by atoms with Crippen LogP contribution in [0.3, 0.4) is 0 Å². The predicted octanol–water partition coefficient (Wildman–Crippen LogP) is 3.15. The normalized spacial score (nSPS) is 17.8. The third kappa shape index (κ3) is 4.58. The quantitative estimate of drug-likeness (QED) is 0.518. The summed E-state index contributed by atoms with van der Waals surface area (Å²) in [6.45, 7) is 4.53. The number of nitrogens with zero attached hydrogens (tertiary/aromatic N) is 3. The molecule has 5 rings (SSSR count). The molecule has 36 heavy (non-hydrogen) atoms. The fourth-order valence-electron chi connectivity index (χ4n) is 4.51. The summed E-state index contributed by atoms with van der Waals surface area (Å²) in [5.74, 6) is 0.454. The molecule has 2 aromatic carbocycles. The van der Waals surface area contributed by atoms with E-state index in [-0.39, 0.29) is 23.2 Å². The van der Waals surface area contributed by atoms with Crippen LogP contribution in [0.25, 0.3) is 11.3 Å². The summed E-state index contributed by atoms with van der Waals surface area (Å²) >= 11 is 0. The number of hydrogen-bond donors (Lipinski definition) is 2. The van der Waals surface area contributed by atoms with Crippen LogP contribution in [0, 0.1) is 17.1 Å². The monoisotopic (exact) mass is 491 g/mol. The summed E-state index contributed by atoms with van der Waals surface area (Å²) in [4.78, 5) is 2.29. The molecule has 10 heteroatoms. The zero-order chi connectivity index (χ0) is 25.1. The van der Waals surface area contributed by atoms with Crippen molar-refractivity contribution in [1.82, 2.24) is 15.1 Å². The molecule has 9 nitrogen and oxygen atoms in total. The molecule has 1 unspecified atom stereocenters. The Morgan fingerprint density at radius 3 is 2.69 bits per heavy atom. The van der Waals surface area contributed by atoms with Gasteiger partial charge in [0, 0.05) is 25.2 Å². The summed E-state index contributed by atoms with van der Waals surface area (Å²) < 4.78 is 36.2. The minimum Gasteiger partial charge on any atom is -0.493 e. The maximum absolute atomic E-state index is 13.5. The largest absolute Gasteiger partial charge is 0.493 e. The van der Waals surface area contributed by atoms with E-state index in [2.05, 4.69) is 21.2 Å². The molecule has 0 amide bonds. The van der Waals surface area contributed by atoms with Gasteiger partial charge in [0.05, 0.1) is 37.5 Å². The molecule has 0 saturated carbocycles. The van der Waals surface area contributed by atoms with Gasteiger partial charge in [0.25, 0.3) is 0 Å². The number of aromatic amines is 1. The second-order valence-electron chi connectivity index (χ2n) is 8.46. The molecule has 3 N–H and O–H groups in total. The molecule has 0 bridgehead atoms. The lowest BCUT2D eigenvalue weighted by molar-refractivity contribution is 0.0321. The van der Waals surface area contributed by atoms with E-state index in [1.165, 1.54) is 12.1 Å². The molecule has 0 spiro atoms. The molecule has 1 atom stereocenters. The van der Waals surface area contributed by atoms with Crippen molar-refractivity contribution >= 4 is 0 Å². The van der Waals surface area contributed by atoms with Crippen molar-refractivity contribution in [3.63, 3.8) is 0 Å². The minimum atomic E-state index is -0.575. The molecule has 2 aliphatic rings. The smallest absolute Gasteiger partial charge is 0.244 e. The number of nitrogens with one attached hydrogen (secondary N) is 1. The van der Waals surface area contributed by atoms with Gasteiger partial charge in [-0.2, -0.15) is 5.26 Å². The summed E-state index contributed by atoms with van der Waals surface area (Å²) in [5.41, 5.74) is 9.04. The maximum Gasteiger partial charge on any atom is 0.244 e. The first-order valence-electron chi connectivity index (χ1n) is 11.6. The van der Waals surface area contributed by atoms with E-state index >= 15 is 0 Å². The number of nitrogens with two attached hydrogens (primary N) is 1. The second-order valence-corrected chi connectivity index (χ2v) is 8.46. The van der Waals surface area contributed by atoms with E-state index in [0.29, 0.717) is 34.9 Å². The first-order valence-corrected chi connectivity index (χ1v) is 11.6. The van der Waals surface area contributed by atoms with Crippen molar-refractivity contribution in [2.24, 2.45) is 5.73 Å². The van der Waals surface area contributed by atoms with Crippen LogP contribution in [-0.2, 0) is 4.74 Å². The Balaban J connectivity index is 1.47. The lowest BCUT2D eigenvalue weighted by Gasteiger charge is -2.27. The van der Waals surface area contributed by atoms with Crippen LogP contribution in [0.5, 0.6) is 17.4 Å². The zero-order valence-electron chi connectivity index (χ0n) is 19.8. The Kier molecular flexibility index (Phi) is 6.75. The fourth-order valence-corrected chi connectivity index (χ4v) is 4.51. The van der Waals surface area contributed by atoms with E-state index in [1.807, 2.05) is 18.2 Å². The van der Waals surface area contributed by atoms with Crippen molar-refractivity contribution in [2.45, 2.75) is 5.92 Å². The molecule has 1 saturated heterocycles. The highest BCUT2D eigenvalue weighted by molar-refractivity contribution is 5.71. The van der Waals surface area contributed by atoms with Gasteiger partial charge in [-0.3, -0.25) is 10.00 Å². The van der Waals surface area contributed by atoms with Gasteiger partial charge in [-0.25, -0.2) is 4.39 Å². The van der Waals surface area contributed by atoms with Gasteiger partial charge in [0.15, 0.2) is 11.5 Å². The molecule has 0 radical (unpaired) electrons. The topological polar surface area (TPSA) is 119 Å². The number of nitriles is 1. The number of halogens is 1. The average molecular weight is 492 g/mol. The number of fused-ring (bicyclic) bond motifs is 1. The van der Waals surface area contributed by atoms with Gasteiger partial charge < -0.3 is 24.7 Å². The fraction of sp³-hybridized carbons (Fsp3) is 0.308. The molecule has 3 heterocycles. The molecule has 0 aliphatic carbocycles. The van der Waals surface area contributed by atoms with E-state index in [4.69, 9.17) is 24.7 Å². The molecule has 1 fully saturated rings. The van der Waals surface area contributed by atoms with Crippen LogP contribution < -0.4 is 19.9 Å². The standard InChI is InChI=1S/C26H26FN5O4/c1-33-21-14-17(4-7-20(21)35-13-10-32-8-11-34-12-9-32)22-19(15-28)25(29)36-26-23(22)24(30-31-26)16-2-5-18(27)6-3-16/h2-7,14,22H,8-13,29H2,1H3,(H,30,31). The van der Waals surface area contributed by atoms with Crippen molar-refractivity contribution in [2.75, 3.05) is 46.6 Å². The summed E-state index contributed by atoms with van der Waals surface area (Å²) in [6, 6.07) is 13.7. The van der Waals surface area contributed by atoms with Crippen molar-refractivity contribution in [1.29, 1.82) is 5.26 Å². The lowest BCUT2D eigenvalue weighted by atomic mass is 9.83. The highest BCUT2D eigenvalue weighted by Crippen LogP contribution is 2.47. The van der Waals surface area contributed by atoms with Crippen molar-refractivity contribution < 1.29 is 23.3 Å². The third-order valence-electron chi connectivity index (χ3n) is 6.36. The average Bonchev–Trinajstić information content (AvgIpc) is 3.32. The number of hydrogen-bond acceptors (Lipinski definition) is 8. The number of rotatable bonds is 7. The highest BCUT2D eigenvalue weighted by atomic mass is 19.1. The van der Waals surface area contributed by atoms with E-state index < -0.39 is 5.92 Å². The molecule has 1 aromatic heterocycles. The van der Waals surface area contributed by atoms with Crippen LogP contribution in [0.4, 0.5) is 4.39 Å². The molecular formula is C26H26FN5O4.